The van der Waals surface area contributed by atoms with E-state index in [1.165, 1.54) is 0 Å². The third kappa shape index (κ3) is 5.21. The number of hydrogen-bond donors (Lipinski definition) is 2. The average molecular weight is 311 g/mol. The summed E-state index contributed by atoms with van der Waals surface area (Å²) in [7, 11) is 0. The predicted molar refractivity (Wildman–Crippen MR) is 85.5 cm³/mol. The average Bonchev–Trinajstić information content (AvgIpc) is 2.82. The van der Waals surface area contributed by atoms with Gasteiger partial charge in [0.25, 0.3) is 0 Å². The molecule has 0 aliphatic carbocycles. The van der Waals surface area contributed by atoms with Crippen LogP contribution in [0.5, 0.6) is 0 Å². The molecule has 7 heteroatoms. The molecule has 0 fully saturated rings. The zero-order chi connectivity index (χ0) is 15.9. The lowest BCUT2D eigenvalue weighted by Crippen LogP contribution is -2.41. The van der Waals surface area contributed by atoms with E-state index in [1.807, 2.05) is 20.8 Å². The zero-order valence-corrected chi connectivity index (χ0v) is 14.1. The highest BCUT2D eigenvalue weighted by molar-refractivity contribution is 7.99. The van der Waals surface area contributed by atoms with Crippen molar-refractivity contribution in [2.24, 2.45) is 0 Å². The molecule has 2 N–H and O–H groups in total. The van der Waals surface area contributed by atoms with Crippen LogP contribution in [0, 0.1) is 11.3 Å². The molecule has 6 nitrogen and oxygen atoms in total. The van der Waals surface area contributed by atoms with Crippen LogP contribution in [-0.4, -0.2) is 32.6 Å². The number of rotatable bonds is 9. The van der Waals surface area contributed by atoms with Gasteiger partial charge in [-0.1, -0.05) is 18.7 Å². The van der Waals surface area contributed by atoms with Gasteiger partial charge in [-0.2, -0.15) is 5.26 Å². The third-order valence-corrected chi connectivity index (χ3v) is 4.29. The zero-order valence-electron chi connectivity index (χ0n) is 13.3. The minimum atomic E-state index is -0.472. The van der Waals surface area contributed by atoms with Gasteiger partial charge >= 0.3 is 5.69 Å². The van der Waals surface area contributed by atoms with Crippen molar-refractivity contribution in [3.63, 3.8) is 0 Å². The van der Waals surface area contributed by atoms with Gasteiger partial charge in [-0.05, 0) is 46.6 Å². The van der Waals surface area contributed by atoms with Crippen molar-refractivity contribution in [3.8, 4) is 6.07 Å². The van der Waals surface area contributed by atoms with Crippen LogP contribution < -0.4 is 11.0 Å². The smallest absolute Gasteiger partial charge is 0.300 e. The van der Waals surface area contributed by atoms with Crippen LogP contribution in [0.1, 0.15) is 53.0 Å². The summed E-state index contributed by atoms with van der Waals surface area (Å²) in [5, 5.41) is 19.8. The molecule has 1 aromatic rings. The summed E-state index contributed by atoms with van der Waals surface area (Å²) in [6.45, 7) is 8.80. The van der Waals surface area contributed by atoms with Gasteiger partial charge < -0.3 is 0 Å². The second-order valence-electron chi connectivity index (χ2n) is 5.60. The van der Waals surface area contributed by atoms with E-state index in [0.29, 0.717) is 0 Å². The first kappa shape index (κ1) is 17.8. The maximum atomic E-state index is 11.6. The Morgan fingerprint density at radius 3 is 2.86 bits per heavy atom. The second-order valence-corrected chi connectivity index (χ2v) is 6.66. The molecule has 0 spiro atoms. The normalized spacial score (nSPS) is 14.1. The maximum Gasteiger partial charge on any atom is 0.344 e. The van der Waals surface area contributed by atoms with Gasteiger partial charge in [0.1, 0.15) is 5.54 Å². The van der Waals surface area contributed by atoms with E-state index in [2.05, 4.69) is 28.5 Å². The van der Waals surface area contributed by atoms with Crippen LogP contribution >= 0.6 is 11.8 Å². The van der Waals surface area contributed by atoms with Gasteiger partial charge in [0, 0.05) is 11.8 Å². The molecule has 0 saturated heterocycles. The van der Waals surface area contributed by atoms with E-state index < -0.39 is 5.54 Å². The summed E-state index contributed by atoms with van der Waals surface area (Å²) in [5.41, 5.74) is -0.640. The van der Waals surface area contributed by atoms with Crippen molar-refractivity contribution in [3.05, 3.63) is 10.5 Å². The van der Waals surface area contributed by atoms with Crippen molar-refractivity contribution in [2.45, 2.75) is 63.7 Å². The monoisotopic (exact) mass is 311 g/mol. The fourth-order valence-electron chi connectivity index (χ4n) is 2.02. The molecule has 118 valence electrons. The van der Waals surface area contributed by atoms with Crippen molar-refractivity contribution in [2.75, 3.05) is 12.3 Å². The first-order valence-corrected chi connectivity index (χ1v) is 8.38. The topological polar surface area (TPSA) is 86.5 Å². The highest BCUT2D eigenvalue weighted by atomic mass is 32.2. The van der Waals surface area contributed by atoms with E-state index in [4.69, 9.17) is 0 Å². The van der Waals surface area contributed by atoms with E-state index in [9.17, 15) is 10.1 Å². The third-order valence-electron chi connectivity index (χ3n) is 3.25. The molecule has 1 rings (SSSR count). The van der Waals surface area contributed by atoms with E-state index in [0.717, 1.165) is 36.7 Å². The van der Waals surface area contributed by atoms with E-state index >= 15 is 0 Å². The van der Waals surface area contributed by atoms with Gasteiger partial charge in [0.2, 0.25) is 0 Å². The number of thioether (sulfide) groups is 1. The molecule has 0 bridgehead atoms. The molecule has 1 atom stereocenters. The molecular formula is C14H25N5OS. The summed E-state index contributed by atoms with van der Waals surface area (Å²) >= 11 is 1.55. The summed E-state index contributed by atoms with van der Waals surface area (Å²) in [6.07, 6.45) is 2.69. The summed E-state index contributed by atoms with van der Waals surface area (Å²) in [5.74, 6) is 0.835. The Labute approximate surface area is 130 Å². The molecular weight excluding hydrogens is 286 g/mol. The Morgan fingerprint density at radius 2 is 2.29 bits per heavy atom. The Bertz CT molecular complexity index is 530. The van der Waals surface area contributed by atoms with Crippen LogP contribution in [0.3, 0.4) is 0 Å². The molecule has 0 aliphatic heterocycles. The van der Waals surface area contributed by atoms with Crippen LogP contribution in [0.2, 0.25) is 0 Å². The summed E-state index contributed by atoms with van der Waals surface area (Å²) < 4.78 is 1.66. The largest absolute Gasteiger partial charge is 0.344 e. The molecule has 1 heterocycles. The molecule has 0 saturated carbocycles. The number of nitriles is 1. The lowest BCUT2D eigenvalue weighted by atomic mass is 9.98. The standard InChI is InChI=1S/C14H25N5OS/c1-5-8-16-14(4,10-15)7-6-9-21-13-18-17-12(20)19(13)11(2)3/h11,16H,5-9H2,1-4H3,(H,17,20). The van der Waals surface area contributed by atoms with Gasteiger partial charge in [0.15, 0.2) is 5.16 Å². The lowest BCUT2D eigenvalue weighted by molar-refractivity contribution is 0.415. The number of aromatic nitrogens is 3. The molecule has 0 radical (unpaired) electrons. The molecule has 0 amide bonds. The highest BCUT2D eigenvalue weighted by Crippen LogP contribution is 2.20. The number of H-pyrrole nitrogens is 1. The quantitative estimate of drug-likeness (QED) is 0.540. The van der Waals surface area contributed by atoms with Crippen LogP contribution in [0.15, 0.2) is 9.95 Å². The number of hydrogen-bond acceptors (Lipinski definition) is 5. The van der Waals surface area contributed by atoms with Crippen molar-refractivity contribution in [1.82, 2.24) is 20.1 Å². The second kappa shape index (κ2) is 8.25. The van der Waals surface area contributed by atoms with Crippen molar-refractivity contribution >= 4 is 11.8 Å². The lowest BCUT2D eigenvalue weighted by Gasteiger charge is -2.22. The van der Waals surface area contributed by atoms with E-state index in [1.54, 1.807) is 16.3 Å². The van der Waals surface area contributed by atoms with E-state index in [-0.39, 0.29) is 11.7 Å². The first-order chi connectivity index (χ1) is 9.93. The molecule has 21 heavy (non-hydrogen) atoms. The van der Waals surface area contributed by atoms with Crippen LogP contribution in [-0.2, 0) is 0 Å². The molecule has 1 aromatic heterocycles. The SMILES string of the molecule is CCCNC(C)(C#N)CCCSc1n[nH]c(=O)n1C(C)C. The van der Waals surface area contributed by atoms with Crippen molar-refractivity contribution < 1.29 is 0 Å². The fourth-order valence-corrected chi connectivity index (χ4v) is 3.04. The fraction of sp³-hybridized carbons (Fsp3) is 0.786. The first-order valence-electron chi connectivity index (χ1n) is 7.39. The van der Waals surface area contributed by atoms with Crippen LogP contribution in [0.4, 0.5) is 0 Å². The molecule has 0 aliphatic rings. The Balaban J connectivity index is 2.48. The predicted octanol–water partition coefficient (Wildman–Crippen LogP) is 2.31. The van der Waals surface area contributed by atoms with Crippen molar-refractivity contribution in [1.29, 1.82) is 5.26 Å². The Hall–Kier alpha value is -1.26. The van der Waals surface area contributed by atoms with Crippen LogP contribution in [0.25, 0.3) is 0 Å². The molecule has 1 unspecified atom stereocenters. The van der Waals surface area contributed by atoms with Gasteiger partial charge in [-0.25, -0.2) is 9.89 Å². The highest BCUT2D eigenvalue weighted by Gasteiger charge is 2.22. The minimum absolute atomic E-state index is 0.0920. The van der Waals surface area contributed by atoms with Gasteiger partial charge in [-0.15, -0.1) is 5.10 Å². The Kier molecular flexibility index (Phi) is 6.99. The minimum Gasteiger partial charge on any atom is -0.300 e. The number of nitrogens with one attached hydrogen (secondary N) is 2. The number of aromatic amines is 1. The van der Waals surface area contributed by atoms with Gasteiger partial charge in [-0.3, -0.25) is 9.88 Å². The molecule has 0 aromatic carbocycles. The Morgan fingerprint density at radius 1 is 1.57 bits per heavy atom. The maximum absolute atomic E-state index is 11.6. The summed E-state index contributed by atoms with van der Waals surface area (Å²) in [6, 6.07) is 2.44. The number of nitrogens with zero attached hydrogens (tertiary/aromatic N) is 3. The summed E-state index contributed by atoms with van der Waals surface area (Å²) in [4.78, 5) is 11.6. The van der Waals surface area contributed by atoms with Gasteiger partial charge in [0.05, 0.1) is 6.07 Å².